The minimum atomic E-state index is -3.13. The number of nitrogens with one attached hydrogen (secondary N) is 1. The van der Waals surface area contributed by atoms with Crippen LogP contribution >= 0.6 is 0 Å². The normalized spacial score (nSPS) is 21.4. The van der Waals surface area contributed by atoms with E-state index in [2.05, 4.69) is 19.2 Å². The zero-order valence-corrected chi connectivity index (χ0v) is 13.0. The van der Waals surface area contributed by atoms with Gasteiger partial charge in [0.05, 0.1) is 5.75 Å². The molecule has 19 heavy (non-hydrogen) atoms. The largest absolute Gasteiger partial charge is 0.396 e. The van der Waals surface area contributed by atoms with Crippen LogP contribution in [0.25, 0.3) is 0 Å². The van der Waals surface area contributed by atoms with Gasteiger partial charge in [-0.1, -0.05) is 13.8 Å². The van der Waals surface area contributed by atoms with E-state index in [1.807, 2.05) is 0 Å². The molecule has 0 amide bonds. The van der Waals surface area contributed by atoms with E-state index in [0.717, 1.165) is 25.8 Å². The topological polar surface area (TPSA) is 69.6 Å². The third-order valence-electron chi connectivity index (χ3n) is 3.51. The van der Waals surface area contributed by atoms with Crippen LogP contribution in [0.15, 0.2) is 0 Å². The summed E-state index contributed by atoms with van der Waals surface area (Å²) in [6.07, 6.45) is 4.00. The van der Waals surface area contributed by atoms with E-state index >= 15 is 0 Å². The van der Waals surface area contributed by atoms with Crippen LogP contribution in [0.5, 0.6) is 0 Å². The SMILES string of the molecule is CC(C)NCCCS(=O)(=O)N1CCCC1CCCO. The molecule has 2 N–H and O–H groups in total. The van der Waals surface area contributed by atoms with Crippen LogP contribution in [0.2, 0.25) is 0 Å². The Morgan fingerprint density at radius 3 is 2.74 bits per heavy atom. The van der Waals surface area contributed by atoms with Crippen molar-refractivity contribution in [1.82, 2.24) is 9.62 Å². The maximum Gasteiger partial charge on any atom is 0.214 e. The third-order valence-corrected chi connectivity index (χ3v) is 5.51. The molecule has 1 unspecified atom stereocenters. The van der Waals surface area contributed by atoms with Gasteiger partial charge in [0.15, 0.2) is 0 Å². The van der Waals surface area contributed by atoms with Crippen molar-refractivity contribution in [3.63, 3.8) is 0 Å². The second-order valence-electron chi connectivity index (χ2n) is 5.55. The van der Waals surface area contributed by atoms with E-state index in [-0.39, 0.29) is 18.4 Å². The number of hydrogen-bond donors (Lipinski definition) is 2. The molecule has 1 atom stereocenters. The molecule has 1 saturated heterocycles. The molecule has 1 aliphatic rings. The fraction of sp³-hybridized carbons (Fsp3) is 1.00. The first kappa shape index (κ1) is 16.9. The van der Waals surface area contributed by atoms with E-state index in [1.165, 1.54) is 0 Å². The van der Waals surface area contributed by atoms with Gasteiger partial charge in [-0.05, 0) is 38.6 Å². The van der Waals surface area contributed by atoms with Gasteiger partial charge < -0.3 is 10.4 Å². The monoisotopic (exact) mass is 292 g/mol. The fourth-order valence-electron chi connectivity index (χ4n) is 2.55. The predicted molar refractivity (Wildman–Crippen MR) is 77.6 cm³/mol. The van der Waals surface area contributed by atoms with Crippen molar-refractivity contribution < 1.29 is 13.5 Å². The van der Waals surface area contributed by atoms with Gasteiger partial charge in [-0.15, -0.1) is 0 Å². The van der Waals surface area contributed by atoms with Crippen LogP contribution in [0.3, 0.4) is 0 Å². The molecule has 6 heteroatoms. The first-order valence-corrected chi connectivity index (χ1v) is 8.92. The standard InChI is InChI=1S/C13H28N2O3S/c1-12(2)14-8-5-11-19(17,18)15-9-3-6-13(15)7-4-10-16/h12-14,16H,3-11H2,1-2H3. The van der Waals surface area contributed by atoms with Crippen LogP contribution in [0.4, 0.5) is 0 Å². The van der Waals surface area contributed by atoms with Crippen molar-refractivity contribution in [2.75, 3.05) is 25.4 Å². The Morgan fingerprint density at radius 2 is 2.11 bits per heavy atom. The molecule has 0 saturated carbocycles. The molecule has 0 aromatic carbocycles. The van der Waals surface area contributed by atoms with Gasteiger partial charge in [0.2, 0.25) is 10.0 Å². The van der Waals surface area contributed by atoms with Crippen molar-refractivity contribution in [2.24, 2.45) is 0 Å². The molecule has 114 valence electrons. The summed E-state index contributed by atoms with van der Waals surface area (Å²) in [5, 5.41) is 12.1. The lowest BCUT2D eigenvalue weighted by atomic mass is 10.1. The lowest BCUT2D eigenvalue weighted by Crippen LogP contribution is -2.38. The fourth-order valence-corrected chi connectivity index (χ4v) is 4.37. The van der Waals surface area contributed by atoms with Crippen LogP contribution in [0, 0.1) is 0 Å². The second-order valence-corrected chi connectivity index (χ2v) is 7.59. The lowest BCUT2D eigenvalue weighted by Gasteiger charge is -2.24. The number of rotatable bonds is 9. The highest BCUT2D eigenvalue weighted by molar-refractivity contribution is 7.89. The Kier molecular flexibility index (Phi) is 7.28. The summed E-state index contributed by atoms with van der Waals surface area (Å²) in [7, 11) is -3.13. The Labute approximate surface area is 117 Å². The average Bonchev–Trinajstić information content (AvgIpc) is 2.81. The molecule has 1 aliphatic heterocycles. The maximum absolute atomic E-state index is 12.3. The number of sulfonamides is 1. The van der Waals surface area contributed by atoms with Crippen molar-refractivity contribution in [1.29, 1.82) is 0 Å². The van der Waals surface area contributed by atoms with Crippen LogP contribution in [-0.2, 0) is 10.0 Å². The number of aliphatic hydroxyl groups excluding tert-OH is 1. The molecule has 0 aromatic rings. The van der Waals surface area contributed by atoms with Crippen molar-refractivity contribution in [3.8, 4) is 0 Å². The predicted octanol–water partition coefficient (Wildman–Crippen LogP) is 0.941. The summed E-state index contributed by atoms with van der Waals surface area (Å²) >= 11 is 0. The number of nitrogens with zero attached hydrogens (tertiary/aromatic N) is 1. The molecule has 1 rings (SSSR count). The van der Waals surface area contributed by atoms with E-state index in [4.69, 9.17) is 5.11 Å². The summed E-state index contributed by atoms with van der Waals surface area (Å²) in [4.78, 5) is 0. The molecular weight excluding hydrogens is 264 g/mol. The molecule has 0 aromatic heterocycles. The van der Waals surface area contributed by atoms with Gasteiger partial charge in [0.1, 0.15) is 0 Å². The summed E-state index contributed by atoms with van der Waals surface area (Å²) < 4.78 is 26.2. The van der Waals surface area contributed by atoms with Crippen LogP contribution in [-0.4, -0.2) is 55.4 Å². The first-order chi connectivity index (χ1) is 8.97. The summed E-state index contributed by atoms with van der Waals surface area (Å²) in [6, 6.07) is 0.502. The molecule has 1 heterocycles. The molecule has 0 radical (unpaired) electrons. The van der Waals surface area contributed by atoms with Gasteiger partial charge in [0, 0.05) is 25.2 Å². The molecular formula is C13H28N2O3S. The average molecular weight is 292 g/mol. The van der Waals surface area contributed by atoms with Gasteiger partial charge in [0.25, 0.3) is 0 Å². The number of aliphatic hydroxyl groups is 1. The molecule has 0 spiro atoms. The van der Waals surface area contributed by atoms with Crippen molar-refractivity contribution in [3.05, 3.63) is 0 Å². The lowest BCUT2D eigenvalue weighted by molar-refractivity contribution is 0.264. The van der Waals surface area contributed by atoms with Crippen molar-refractivity contribution >= 4 is 10.0 Å². The smallest absolute Gasteiger partial charge is 0.214 e. The van der Waals surface area contributed by atoms with E-state index in [0.29, 0.717) is 25.4 Å². The van der Waals surface area contributed by atoms with Gasteiger partial charge >= 0.3 is 0 Å². The molecule has 5 nitrogen and oxygen atoms in total. The Hall–Kier alpha value is -0.170. The first-order valence-electron chi connectivity index (χ1n) is 7.31. The molecule has 0 aliphatic carbocycles. The second kappa shape index (κ2) is 8.19. The van der Waals surface area contributed by atoms with Crippen molar-refractivity contribution in [2.45, 2.75) is 58.0 Å². The third kappa shape index (κ3) is 5.77. The highest BCUT2D eigenvalue weighted by Gasteiger charge is 2.33. The summed E-state index contributed by atoms with van der Waals surface area (Å²) in [5.41, 5.74) is 0. The Morgan fingerprint density at radius 1 is 1.37 bits per heavy atom. The van der Waals surface area contributed by atoms with Gasteiger partial charge in [-0.2, -0.15) is 4.31 Å². The minimum Gasteiger partial charge on any atom is -0.396 e. The van der Waals surface area contributed by atoms with E-state index in [9.17, 15) is 8.42 Å². The molecule has 1 fully saturated rings. The quantitative estimate of drug-likeness (QED) is 0.621. The number of hydrogen-bond acceptors (Lipinski definition) is 4. The maximum atomic E-state index is 12.3. The Balaban J connectivity index is 2.42. The zero-order valence-electron chi connectivity index (χ0n) is 12.1. The minimum absolute atomic E-state index is 0.107. The zero-order chi connectivity index (χ0) is 14.3. The van der Waals surface area contributed by atoms with Crippen LogP contribution in [0.1, 0.15) is 46.0 Å². The van der Waals surface area contributed by atoms with Crippen LogP contribution < -0.4 is 5.32 Å². The van der Waals surface area contributed by atoms with E-state index in [1.54, 1.807) is 4.31 Å². The highest BCUT2D eigenvalue weighted by Crippen LogP contribution is 2.24. The van der Waals surface area contributed by atoms with Gasteiger partial charge in [-0.3, -0.25) is 0 Å². The Bertz CT molecular complexity index is 344. The summed E-state index contributed by atoms with van der Waals surface area (Å²) in [6.45, 7) is 5.64. The van der Waals surface area contributed by atoms with Gasteiger partial charge in [-0.25, -0.2) is 8.42 Å². The molecule has 0 bridgehead atoms. The highest BCUT2D eigenvalue weighted by atomic mass is 32.2. The summed E-state index contributed by atoms with van der Waals surface area (Å²) in [5.74, 6) is 0.225. The van der Waals surface area contributed by atoms with E-state index < -0.39 is 10.0 Å².